The second-order valence-corrected chi connectivity index (χ2v) is 9.64. The van der Waals surface area contributed by atoms with Crippen molar-refractivity contribution < 1.29 is 8.85 Å². The Bertz CT molecular complexity index is 237. The summed E-state index contributed by atoms with van der Waals surface area (Å²) in [5.74, 6) is 0.955. The van der Waals surface area contributed by atoms with E-state index in [1.165, 1.54) is 57.8 Å². The average Bonchev–Trinajstić information content (AvgIpc) is 2.34. The maximum Gasteiger partial charge on any atom is 0.338 e. The Kier molecular flexibility index (Phi) is 5.71. The van der Waals surface area contributed by atoms with E-state index < -0.39 is 8.56 Å². The van der Waals surface area contributed by atoms with Gasteiger partial charge in [0.2, 0.25) is 0 Å². The summed E-state index contributed by atoms with van der Waals surface area (Å²) in [7, 11) is -1.90. The topological polar surface area (TPSA) is 18.5 Å². The van der Waals surface area contributed by atoms with Gasteiger partial charge in [-0.2, -0.15) is 0 Å². The third-order valence-corrected chi connectivity index (χ3v) is 8.62. The van der Waals surface area contributed by atoms with E-state index in [0.717, 1.165) is 24.7 Å². The molecule has 0 radical (unpaired) electrons. The van der Waals surface area contributed by atoms with Gasteiger partial charge in [-0.3, -0.25) is 0 Å². The first-order valence-electron chi connectivity index (χ1n) is 8.02. The molecule has 0 amide bonds. The minimum Gasteiger partial charge on any atom is -0.394 e. The van der Waals surface area contributed by atoms with E-state index in [1.54, 1.807) is 0 Å². The third kappa shape index (κ3) is 3.81. The SMILES string of the molecule is CCO[Si](C)(OCCC1CCC1)C1CCCCC1. The van der Waals surface area contributed by atoms with Gasteiger partial charge < -0.3 is 8.85 Å². The van der Waals surface area contributed by atoms with E-state index in [4.69, 9.17) is 8.85 Å². The summed E-state index contributed by atoms with van der Waals surface area (Å²) >= 11 is 0. The van der Waals surface area contributed by atoms with Crippen LogP contribution in [-0.4, -0.2) is 21.8 Å². The molecule has 0 aromatic rings. The van der Waals surface area contributed by atoms with Crippen molar-refractivity contribution in [1.29, 1.82) is 0 Å². The molecule has 0 heterocycles. The van der Waals surface area contributed by atoms with Crippen LogP contribution >= 0.6 is 0 Å². The van der Waals surface area contributed by atoms with E-state index in [2.05, 4.69) is 13.5 Å². The van der Waals surface area contributed by atoms with E-state index in [-0.39, 0.29) is 0 Å². The number of hydrogen-bond donors (Lipinski definition) is 0. The Morgan fingerprint density at radius 3 is 2.22 bits per heavy atom. The molecule has 0 N–H and O–H groups in total. The smallest absolute Gasteiger partial charge is 0.338 e. The molecule has 2 rings (SSSR count). The maximum absolute atomic E-state index is 6.33. The average molecular weight is 270 g/mol. The van der Waals surface area contributed by atoms with Crippen molar-refractivity contribution in [2.24, 2.45) is 5.92 Å². The number of hydrogen-bond acceptors (Lipinski definition) is 2. The molecule has 2 saturated carbocycles. The summed E-state index contributed by atoms with van der Waals surface area (Å²) in [6.07, 6.45) is 12.4. The summed E-state index contributed by atoms with van der Waals surface area (Å²) in [4.78, 5) is 0. The third-order valence-electron chi connectivity index (χ3n) is 4.92. The fourth-order valence-electron chi connectivity index (χ4n) is 3.40. The lowest BCUT2D eigenvalue weighted by molar-refractivity contribution is 0.141. The summed E-state index contributed by atoms with van der Waals surface area (Å²) in [6.45, 7) is 6.20. The van der Waals surface area contributed by atoms with Crippen molar-refractivity contribution in [1.82, 2.24) is 0 Å². The molecule has 0 saturated heterocycles. The first-order valence-corrected chi connectivity index (χ1v) is 10.4. The van der Waals surface area contributed by atoms with Crippen molar-refractivity contribution in [3.8, 4) is 0 Å². The highest BCUT2D eigenvalue weighted by Gasteiger charge is 2.41. The van der Waals surface area contributed by atoms with Gasteiger partial charge in [0, 0.05) is 18.8 Å². The first-order chi connectivity index (χ1) is 8.74. The van der Waals surface area contributed by atoms with Crippen molar-refractivity contribution in [2.75, 3.05) is 13.2 Å². The molecule has 18 heavy (non-hydrogen) atoms. The molecule has 0 spiro atoms. The number of rotatable bonds is 7. The van der Waals surface area contributed by atoms with Gasteiger partial charge in [0.05, 0.1) is 0 Å². The van der Waals surface area contributed by atoms with Gasteiger partial charge in [0.25, 0.3) is 0 Å². The molecular formula is C15H30O2Si. The van der Waals surface area contributed by atoms with Crippen molar-refractivity contribution >= 4 is 8.56 Å². The van der Waals surface area contributed by atoms with Crippen molar-refractivity contribution in [2.45, 2.75) is 76.8 Å². The van der Waals surface area contributed by atoms with Gasteiger partial charge in [0.1, 0.15) is 0 Å². The van der Waals surface area contributed by atoms with Crippen LogP contribution in [0.2, 0.25) is 12.1 Å². The molecule has 3 heteroatoms. The predicted molar refractivity (Wildman–Crippen MR) is 78.0 cm³/mol. The molecule has 106 valence electrons. The highest BCUT2D eigenvalue weighted by atomic mass is 28.4. The molecule has 1 unspecified atom stereocenters. The zero-order valence-corrected chi connectivity index (χ0v) is 13.2. The summed E-state index contributed by atoms with van der Waals surface area (Å²) in [5, 5.41) is 0. The van der Waals surface area contributed by atoms with Gasteiger partial charge in [0.15, 0.2) is 0 Å². The van der Waals surface area contributed by atoms with Crippen LogP contribution < -0.4 is 0 Å². The molecule has 2 nitrogen and oxygen atoms in total. The lowest BCUT2D eigenvalue weighted by atomic mass is 9.83. The zero-order valence-electron chi connectivity index (χ0n) is 12.2. The lowest BCUT2D eigenvalue weighted by Gasteiger charge is -2.37. The molecule has 0 aromatic heterocycles. The Hall–Kier alpha value is 0.137. The second-order valence-electron chi connectivity index (χ2n) is 6.22. The summed E-state index contributed by atoms with van der Waals surface area (Å²) in [6, 6.07) is 0. The Balaban J connectivity index is 1.79. The van der Waals surface area contributed by atoms with Crippen molar-refractivity contribution in [3.05, 3.63) is 0 Å². The fourth-order valence-corrected chi connectivity index (χ4v) is 6.51. The van der Waals surface area contributed by atoms with Crippen LogP contribution in [0.4, 0.5) is 0 Å². The largest absolute Gasteiger partial charge is 0.394 e. The molecule has 0 aliphatic heterocycles. The fraction of sp³-hybridized carbons (Fsp3) is 1.00. The van der Waals surface area contributed by atoms with E-state index in [1.807, 2.05) is 0 Å². The highest BCUT2D eigenvalue weighted by molar-refractivity contribution is 6.67. The first kappa shape index (κ1) is 14.5. The monoisotopic (exact) mass is 270 g/mol. The molecular weight excluding hydrogens is 240 g/mol. The molecule has 2 aliphatic rings. The van der Waals surface area contributed by atoms with Crippen LogP contribution in [0.25, 0.3) is 0 Å². The van der Waals surface area contributed by atoms with E-state index in [9.17, 15) is 0 Å². The van der Waals surface area contributed by atoms with Gasteiger partial charge in [-0.25, -0.2) is 0 Å². The Labute approximate surface area is 114 Å². The van der Waals surface area contributed by atoms with Gasteiger partial charge in [-0.15, -0.1) is 0 Å². The summed E-state index contributed by atoms with van der Waals surface area (Å²) < 4.78 is 12.5. The van der Waals surface area contributed by atoms with Crippen LogP contribution in [0, 0.1) is 5.92 Å². The van der Waals surface area contributed by atoms with Gasteiger partial charge >= 0.3 is 8.56 Å². The molecule has 2 aliphatic carbocycles. The summed E-state index contributed by atoms with van der Waals surface area (Å²) in [5.41, 5.74) is 0.743. The van der Waals surface area contributed by atoms with Gasteiger partial charge in [-0.1, -0.05) is 38.5 Å². The van der Waals surface area contributed by atoms with Crippen LogP contribution in [0.1, 0.15) is 64.7 Å². The normalized spacial score (nSPS) is 25.7. The van der Waals surface area contributed by atoms with Crippen LogP contribution in [0.15, 0.2) is 0 Å². The Morgan fingerprint density at radius 1 is 0.944 bits per heavy atom. The molecule has 1 atom stereocenters. The predicted octanol–water partition coefficient (Wildman–Crippen LogP) is 4.64. The minimum absolute atomic E-state index is 0.743. The zero-order chi connectivity index (χ0) is 12.8. The van der Waals surface area contributed by atoms with E-state index in [0.29, 0.717) is 0 Å². The lowest BCUT2D eigenvalue weighted by Crippen LogP contribution is -2.45. The van der Waals surface area contributed by atoms with Crippen LogP contribution in [0.3, 0.4) is 0 Å². The van der Waals surface area contributed by atoms with E-state index >= 15 is 0 Å². The van der Waals surface area contributed by atoms with Crippen LogP contribution in [0.5, 0.6) is 0 Å². The molecule has 0 bridgehead atoms. The van der Waals surface area contributed by atoms with Gasteiger partial charge in [-0.05, 0) is 38.7 Å². The standard InChI is InChI=1S/C15H30O2Si/c1-3-16-18(2,15-10-5-4-6-11-15)17-13-12-14-8-7-9-14/h14-15H,3-13H2,1-2H3. The maximum atomic E-state index is 6.33. The highest BCUT2D eigenvalue weighted by Crippen LogP contribution is 2.38. The Morgan fingerprint density at radius 2 is 1.67 bits per heavy atom. The van der Waals surface area contributed by atoms with Crippen molar-refractivity contribution in [3.63, 3.8) is 0 Å². The minimum atomic E-state index is -1.90. The molecule has 2 fully saturated rings. The van der Waals surface area contributed by atoms with Crippen LogP contribution in [-0.2, 0) is 8.85 Å². The second kappa shape index (κ2) is 7.06. The molecule has 0 aromatic carbocycles. The quantitative estimate of drug-likeness (QED) is 0.628.